The summed E-state index contributed by atoms with van der Waals surface area (Å²) in [5.74, 6) is -0.252. The van der Waals surface area contributed by atoms with E-state index >= 15 is 0 Å². The highest BCUT2D eigenvalue weighted by Crippen LogP contribution is 2.30. The molecule has 14 heteroatoms. The van der Waals surface area contributed by atoms with Crippen molar-refractivity contribution in [3.63, 3.8) is 0 Å². The van der Waals surface area contributed by atoms with Gasteiger partial charge in [0, 0.05) is 6.42 Å². The van der Waals surface area contributed by atoms with Crippen molar-refractivity contribution in [3.05, 3.63) is 24.3 Å². The largest absolute Gasteiger partial charge is 0.394 e. The summed E-state index contributed by atoms with van der Waals surface area (Å²) >= 11 is 0. The third-order valence-corrected chi connectivity index (χ3v) is 12.1. The van der Waals surface area contributed by atoms with Crippen LogP contribution in [0.25, 0.3) is 0 Å². The van der Waals surface area contributed by atoms with Crippen molar-refractivity contribution in [2.45, 2.75) is 254 Å². The number of carbonyl (C=O) groups is 1. The quantitative estimate of drug-likeness (QED) is 0.0267. The van der Waals surface area contributed by atoms with Gasteiger partial charge in [-0.15, -0.1) is 0 Å². The maximum absolute atomic E-state index is 13.1. The Morgan fingerprint density at radius 2 is 1.05 bits per heavy atom. The Labute approximate surface area is 373 Å². The van der Waals surface area contributed by atoms with Crippen LogP contribution in [-0.4, -0.2) is 140 Å². The first-order valence-corrected chi connectivity index (χ1v) is 24.6. The number of rotatable bonds is 37. The lowest BCUT2D eigenvalue weighted by atomic mass is 9.97. The smallest absolute Gasteiger partial charge is 0.220 e. The summed E-state index contributed by atoms with van der Waals surface area (Å²) in [5.41, 5.74) is 0. The average Bonchev–Trinajstić information content (AvgIpc) is 3.27. The van der Waals surface area contributed by atoms with Crippen LogP contribution in [0.2, 0.25) is 0 Å². The molecule has 0 aliphatic carbocycles. The van der Waals surface area contributed by atoms with E-state index in [1.807, 2.05) is 6.08 Å². The zero-order valence-corrected chi connectivity index (χ0v) is 38.4. The monoisotopic (exact) mass is 888 g/mol. The van der Waals surface area contributed by atoms with Crippen LogP contribution in [-0.2, 0) is 23.7 Å². The van der Waals surface area contributed by atoms with Gasteiger partial charge in [-0.25, -0.2) is 0 Å². The molecule has 0 aromatic carbocycles. The van der Waals surface area contributed by atoms with Crippen molar-refractivity contribution in [2.75, 3.05) is 19.8 Å². The zero-order valence-electron chi connectivity index (χ0n) is 38.4. The molecule has 364 valence electrons. The lowest BCUT2D eigenvalue weighted by molar-refractivity contribution is -0.359. The second kappa shape index (κ2) is 35.7. The molecule has 0 spiro atoms. The molecular formula is C48H89NO13. The first-order valence-electron chi connectivity index (χ1n) is 24.6. The maximum atomic E-state index is 13.1. The number of allylic oxidation sites excluding steroid dienone is 3. The van der Waals surface area contributed by atoms with Crippen molar-refractivity contribution in [1.82, 2.24) is 5.32 Å². The third-order valence-electron chi connectivity index (χ3n) is 12.1. The van der Waals surface area contributed by atoms with Crippen molar-refractivity contribution < 1.29 is 64.6 Å². The van der Waals surface area contributed by atoms with Crippen LogP contribution < -0.4 is 5.32 Å². The third kappa shape index (κ3) is 23.1. The molecule has 2 fully saturated rings. The Balaban J connectivity index is 1.85. The first-order chi connectivity index (χ1) is 30.1. The lowest BCUT2D eigenvalue weighted by Crippen LogP contribution is -2.65. The van der Waals surface area contributed by atoms with E-state index in [-0.39, 0.29) is 18.9 Å². The van der Waals surface area contributed by atoms with E-state index in [2.05, 4.69) is 31.3 Å². The fraction of sp³-hybridized carbons (Fsp3) is 0.896. The minimum atomic E-state index is -1.79. The zero-order chi connectivity index (χ0) is 45.4. The molecule has 2 aliphatic rings. The van der Waals surface area contributed by atoms with Crippen LogP contribution in [0.15, 0.2) is 24.3 Å². The first kappa shape index (κ1) is 56.6. The van der Waals surface area contributed by atoms with Crippen LogP contribution in [0.5, 0.6) is 0 Å². The minimum Gasteiger partial charge on any atom is -0.394 e. The summed E-state index contributed by atoms with van der Waals surface area (Å²) in [7, 11) is 0. The molecule has 2 heterocycles. The topological polar surface area (TPSA) is 228 Å². The van der Waals surface area contributed by atoms with Crippen molar-refractivity contribution in [2.24, 2.45) is 0 Å². The van der Waals surface area contributed by atoms with E-state index < -0.39 is 86.8 Å². The van der Waals surface area contributed by atoms with Gasteiger partial charge >= 0.3 is 0 Å². The number of aliphatic hydroxyl groups excluding tert-OH is 8. The molecule has 1 amide bonds. The highest BCUT2D eigenvalue weighted by Gasteiger charge is 2.51. The van der Waals surface area contributed by atoms with E-state index in [1.165, 1.54) is 89.9 Å². The molecular weight excluding hydrogens is 799 g/mol. The number of carbonyl (C=O) groups excluding carboxylic acids is 1. The molecule has 0 aromatic heterocycles. The highest BCUT2D eigenvalue weighted by atomic mass is 16.7. The van der Waals surface area contributed by atoms with Crippen LogP contribution in [0, 0.1) is 0 Å². The summed E-state index contributed by atoms with van der Waals surface area (Å²) < 4.78 is 22.6. The van der Waals surface area contributed by atoms with Gasteiger partial charge in [-0.2, -0.15) is 0 Å². The number of hydrogen-bond donors (Lipinski definition) is 9. The Hall–Kier alpha value is -1.53. The molecule has 9 N–H and O–H groups in total. The van der Waals surface area contributed by atoms with Gasteiger partial charge in [-0.1, -0.05) is 160 Å². The van der Waals surface area contributed by atoms with Crippen molar-refractivity contribution in [3.8, 4) is 0 Å². The van der Waals surface area contributed by atoms with Gasteiger partial charge in [0.1, 0.15) is 48.8 Å². The maximum Gasteiger partial charge on any atom is 0.220 e. The van der Waals surface area contributed by atoms with Gasteiger partial charge in [-0.3, -0.25) is 4.79 Å². The van der Waals surface area contributed by atoms with E-state index in [4.69, 9.17) is 18.9 Å². The van der Waals surface area contributed by atoms with E-state index in [1.54, 1.807) is 6.08 Å². The molecule has 2 rings (SSSR count). The number of aliphatic hydroxyl groups is 8. The molecule has 0 bridgehead atoms. The Kier molecular flexibility index (Phi) is 32.6. The van der Waals surface area contributed by atoms with Crippen LogP contribution >= 0.6 is 0 Å². The average molecular weight is 888 g/mol. The van der Waals surface area contributed by atoms with Gasteiger partial charge in [0.15, 0.2) is 12.6 Å². The second-order valence-corrected chi connectivity index (χ2v) is 17.6. The van der Waals surface area contributed by atoms with Crippen LogP contribution in [0.4, 0.5) is 0 Å². The van der Waals surface area contributed by atoms with Gasteiger partial charge in [0.05, 0.1) is 32.0 Å². The van der Waals surface area contributed by atoms with Gasteiger partial charge in [0.25, 0.3) is 0 Å². The molecule has 0 radical (unpaired) electrons. The number of unbranched alkanes of at least 4 members (excludes halogenated alkanes) is 22. The SMILES string of the molecule is CCC/C=C\CCCCCCCC(=O)NC(COC1OC(CO)C(OC2OC(CO)C(O)C(O)C2O)C(O)C1O)C(O)/C=C/CCCCCCCCCCCCCCCCCC. The predicted molar refractivity (Wildman–Crippen MR) is 240 cm³/mol. The number of nitrogens with one attached hydrogen (secondary N) is 1. The van der Waals surface area contributed by atoms with Crippen molar-refractivity contribution >= 4 is 5.91 Å². The van der Waals surface area contributed by atoms with E-state index in [9.17, 15) is 45.6 Å². The lowest BCUT2D eigenvalue weighted by Gasteiger charge is -2.46. The fourth-order valence-electron chi connectivity index (χ4n) is 8.06. The number of ether oxygens (including phenoxy) is 4. The Morgan fingerprint density at radius 3 is 1.60 bits per heavy atom. The molecule has 12 atom stereocenters. The second-order valence-electron chi connectivity index (χ2n) is 17.6. The molecule has 2 saturated heterocycles. The number of amides is 1. The molecule has 0 aromatic rings. The van der Waals surface area contributed by atoms with Crippen LogP contribution in [0.1, 0.15) is 181 Å². The van der Waals surface area contributed by atoms with E-state index in [0.717, 1.165) is 64.2 Å². The highest BCUT2D eigenvalue weighted by molar-refractivity contribution is 5.76. The van der Waals surface area contributed by atoms with Crippen molar-refractivity contribution in [1.29, 1.82) is 0 Å². The standard InChI is InChI=1S/C48H89NO13/c1-3-5-7-9-11-13-15-16-17-18-19-20-21-22-23-25-27-29-31-37(52)36(49-40(53)32-30-28-26-24-14-12-10-8-6-4-2)35-59-47-45(58)43(56)46(39(34-51)61-47)62-48-44(57)42(55)41(54)38(33-50)60-48/h8,10,29,31,36-39,41-48,50-52,54-58H,3-7,9,11-28,30,32-35H2,1-2H3,(H,49,53)/b10-8-,31-29+. The van der Waals surface area contributed by atoms with Gasteiger partial charge < -0.3 is 65.1 Å². The normalized spacial score (nSPS) is 27.9. The van der Waals surface area contributed by atoms with E-state index in [0.29, 0.717) is 6.42 Å². The minimum absolute atomic E-state index is 0.252. The van der Waals surface area contributed by atoms with Gasteiger partial charge in [0.2, 0.25) is 5.91 Å². The Bertz CT molecular complexity index is 1140. The van der Waals surface area contributed by atoms with Gasteiger partial charge in [-0.05, 0) is 38.5 Å². The fourth-order valence-corrected chi connectivity index (χ4v) is 8.06. The molecule has 0 saturated carbocycles. The molecule has 2 aliphatic heterocycles. The summed E-state index contributed by atoms with van der Waals surface area (Å²) in [6, 6.07) is -0.914. The summed E-state index contributed by atoms with van der Waals surface area (Å²) in [6.45, 7) is 2.70. The molecule has 12 unspecified atom stereocenters. The summed E-state index contributed by atoms with van der Waals surface area (Å²) in [4.78, 5) is 13.1. The number of hydrogen-bond acceptors (Lipinski definition) is 13. The predicted octanol–water partition coefficient (Wildman–Crippen LogP) is 5.77. The molecule has 14 nitrogen and oxygen atoms in total. The summed E-state index contributed by atoms with van der Waals surface area (Å²) in [6.07, 6.45) is 20.9. The summed E-state index contributed by atoms with van der Waals surface area (Å²) in [5, 5.41) is 86.5. The van der Waals surface area contributed by atoms with Crippen LogP contribution in [0.3, 0.4) is 0 Å². The molecule has 62 heavy (non-hydrogen) atoms. The Morgan fingerprint density at radius 1 is 0.565 bits per heavy atom.